The highest BCUT2D eigenvalue weighted by Gasteiger charge is 2.45. The Hall–Kier alpha value is -3.84. The number of phenolic OH excluding ortho intramolecular Hbond substituents is 1. The molecule has 2 heterocycles. The van der Waals surface area contributed by atoms with Crippen LogP contribution in [0.1, 0.15) is 10.4 Å². The number of fused-ring (bicyclic) bond motifs is 1. The van der Waals surface area contributed by atoms with Gasteiger partial charge in [-0.25, -0.2) is 9.59 Å². The van der Waals surface area contributed by atoms with Crippen LogP contribution >= 0.6 is 0 Å². The highest BCUT2D eigenvalue weighted by Crippen LogP contribution is 2.37. The molecule has 1 saturated heterocycles. The summed E-state index contributed by atoms with van der Waals surface area (Å²) in [5, 5.41) is 41.6. The zero-order valence-corrected chi connectivity index (χ0v) is 19.2. The monoisotopic (exact) mass is 504 g/mol. The smallest absolute Gasteiger partial charge is 0.338 e. The molecule has 12 heteroatoms. The Morgan fingerprint density at radius 1 is 0.944 bits per heavy atom. The molecule has 0 saturated carbocycles. The van der Waals surface area contributed by atoms with Crippen LogP contribution in [-0.2, 0) is 9.47 Å². The number of aromatic hydroxyl groups is 1. The number of carbonyl (C=O) groups excluding carboxylic acids is 1. The van der Waals surface area contributed by atoms with Crippen LogP contribution < -0.4 is 19.8 Å². The molecule has 1 aromatic heterocycles. The number of methoxy groups -OCH3 is 2. The summed E-state index contributed by atoms with van der Waals surface area (Å²) < 4.78 is 31.6. The van der Waals surface area contributed by atoms with Gasteiger partial charge in [0.05, 0.1) is 19.8 Å². The predicted octanol–water partition coefficient (Wildman–Crippen LogP) is 0.559. The molecule has 0 spiro atoms. The van der Waals surface area contributed by atoms with E-state index in [1.165, 1.54) is 44.6 Å². The molecule has 5 atom stereocenters. The van der Waals surface area contributed by atoms with E-state index in [2.05, 4.69) is 0 Å². The zero-order valence-electron chi connectivity index (χ0n) is 19.2. The Labute approximate surface area is 203 Å². The summed E-state index contributed by atoms with van der Waals surface area (Å²) in [5.74, 6) is -1.04. The van der Waals surface area contributed by atoms with Gasteiger partial charge in [-0.1, -0.05) is 0 Å². The van der Waals surface area contributed by atoms with Crippen molar-refractivity contribution < 1.29 is 53.3 Å². The SMILES string of the molecule is COc1cc(C(=O)OC[C@H]2O[C@@H](Oc3ccc4ccc(=O)oc4c3)[C@H](O)[C@@H](O)[C@@H]2O)cc(OC)c1O. The van der Waals surface area contributed by atoms with Crippen LogP contribution in [0.25, 0.3) is 11.0 Å². The topological polar surface area (TPSA) is 174 Å². The summed E-state index contributed by atoms with van der Waals surface area (Å²) in [6, 6.07) is 9.88. The lowest BCUT2D eigenvalue weighted by atomic mass is 9.99. The fraction of sp³-hybridized carbons (Fsp3) is 0.333. The standard InChI is InChI=1S/C24H24O12/c1-31-15-7-12(8-16(32-2)19(15)26)23(30)33-10-17-20(27)21(28)22(29)24(36-17)34-13-5-3-11-4-6-18(25)35-14(11)9-13/h3-9,17,20-22,24,26-29H,10H2,1-2H3/t17-,20-,21+,22-,24-/m1/s1. The number of aliphatic hydroxyl groups is 3. The lowest BCUT2D eigenvalue weighted by Crippen LogP contribution is -2.60. The third-order valence-corrected chi connectivity index (χ3v) is 5.61. The van der Waals surface area contributed by atoms with Crippen LogP contribution in [-0.4, -0.2) is 77.9 Å². The molecule has 1 fully saturated rings. The number of phenols is 1. The third kappa shape index (κ3) is 5.06. The average molecular weight is 504 g/mol. The van der Waals surface area contributed by atoms with E-state index in [9.17, 15) is 30.0 Å². The number of ether oxygens (including phenoxy) is 5. The van der Waals surface area contributed by atoms with Gasteiger partial charge in [0, 0.05) is 17.5 Å². The van der Waals surface area contributed by atoms with Gasteiger partial charge in [-0.2, -0.15) is 0 Å². The number of hydrogen-bond donors (Lipinski definition) is 4. The Morgan fingerprint density at radius 3 is 2.28 bits per heavy atom. The normalized spacial score (nSPS) is 23.8. The minimum absolute atomic E-state index is 0.0159. The number of hydrogen-bond acceptors (Lipinski definition) is 12. The van der Waals surface area contributed by atoms with E-state index < -0.39 is 48.9 Å². The Morgan fingerprint density at radius 2 is 1.61 bits per heavy atom. The van der Waals surface area contributed by atoms with Crippen molar-refractivity contribution in [1.82, 2.24) is 0 Å². The molecule has 1 aliphatic heterocycles. The molecule has 36 heavy (non-hydrogen) atoms. The zero-order chi connectivity index (χ0) is 26.0. The minimum atomic E-state index is -1.68. The Bertz CT molecular complexity index is 1280. The van der Waals surface area contributed by atoms with Crippen molar-refractivity contribution >= 4 is 16.9 Å². The Kier molecular flexibility index (Phi) is 7.31. The summed E-state index contributed by atoms with van der Waals surface area (Å²) in [6.07, 6.45) is -7.65. The Balaban J connectivity index is 1.47. The van der Waals surface area contributed by atoms with E-state index in [4.69, 9.17) is 28.1 Å². The fourth-order valence-corrected chi connectivity index (χ4v) is 3.65. The van der Waals surface area contributed by atoms with Gasteiger partial charge in [-0.05, 0) is 30.3 Å². The second-order valence-corrected chi connectivity index (χ2v) is 7.91. The quantitative estimate of drug-likeness (QED) is 0.260. The van der Waals surface area contributed by atoms with E-state index in [1.807, 2.05) is 0 Å². The molecular formula is C24H24O12. The summed E-state index contributed by atoms with van der Waals surface area (Å²) in [7, 11) is 2.60. The van der Waals surface area contributed by atoms with Crippen molar-refractivity contribution in [3.8, 4) is 23.0 Å². The average Bonchev–Trinajstić information content (AvgIpc) is 2.88. The minimum Gasteiger partial charge on any atom is -0.502 e. The summed E-state index contributed by atoms with van der Waals surface area (Å²) in [6.45, 7) is -0.512. The molecule has 4 rings (SSSR count). The van der Waals surface area contributed by atoms with E-state index >= 15 is 0 Å². The number of esters is 1. The van der Waals surface area contributed by atoms with Gasteiger partial charge in [0.15, 0.2) is 11.5 Å². The van der Waals surface area contributed by atoms with Gasteiger partial charge >= 0.3 is 11.6 Å². The molecule has 12 nitrogen and oxygen atoms in total. The molecular weight excluding hydrogens is 480 g/mol. The molecule has 0 bridgehead atoms. The molecule has 1 aliphatic rings. The van der Waals surface area contributed by atoms with E-state index in [1.54, 1.807) is 12.1 Å². The predicted molar refractivity (Wildman–Crippen MR) is 121 cm³/mol. The van der Waals surface area contributed by atoms with Crippen LogP contribution in [0, 0.1) is 0 Å². The third-order valence-electron chi connectivity index (χ3n) is 5.61. The molecule has 0 amide bonds. The first-order valence-electron chi connectivity index (χ1n) is 10.7. The van der Waals surface area contributed by atoms with Gasteiger partial charge in [-0.15, -0.1) is 0 Å². The van der Waals surface area contributed by atoms with Crippen LogP contribution in [0.5, 0.6) is 23.0 Å². The fourth-order valence-electron chi connectivity index (χ4n) is 3.65. The molecule has 192 valence electrons. The van der Waals surface area contributed by atoms with Crippen LogP contribution in [0.3, 0.4) is 0 Å². The lowest BCUT2D eigenvalue weighted by molar-refractivity contribution is -0.277. The van der Waals surface area contributed by atoms with Gasteiger partial charge < -0.3 is 48.5 Å². The largest absolute Gasteiger partial charge is 0.502 e. The van der Waals surface area contributed by atoms with Crippen molar-refractivity contribution in [2.75, 3.05) is 20.8 Å². The van der Waals surface area contributed by atoms with Crippen LogP contribution in [0.15, 0.2) is 51.7 Å². The maximum absolute atomic E-state index is 12.6. The van der Waals surface area contributed by atoms with Gasteiger partial charge in [0.25, 0.3) is 0 Å². The van der Waals surface area contributed by atoms with Crippen molar-refractivity contribution in [3.63, 3.8) is 0 Å². The highest BCUT2D eigenvalue weighted by molar-refractivity contribution is 5.91. The first-order valence-corrected chi connectivity index (χ1v) is 10.7. The first-order chi connectivity index (χ1) is 17.2. The van der Waals surface area contributed by atoms with Crippen LogP contribution in [0.4, 0.5) is 0 Å². The van der Waals surface area contributed by atoms with Crippen molar-refractivity contribution in [3.05, 3.63) is 58.4 Å². The molecule has 4 N–H and O–H groups in total. The molecule has 2 aromatic carbocycles. The van der Waals surface area contributed by atoms with Gasteiger partial charge in [0.2, 0.25) is 12.0 Å². The molecule has 0 radical (unpaired) electrons. The number of aliphatic hydroxyl groups excluding tert-OH is 3. The van der Waals surface area contributed by atoms with Crippen molar-refractivity contribution in [2.45, 2.75) is 30.7 Å². The van der Waals surface area contributed by atoms with Crippen molar-refractivity contribution in [2.24, 2.45) is 0 Å². The maximum Gasteiger partial charge on any atom is 0.338 e. The number of carbonyl (C=O) groups is 1. The van der Waals surface area contributed by atoms with Gasteiger partial charge in [0.1, 0.15) is 42.4 Å². The first kappa shape index (κ1) is 25.3. The molecule has 0 unspecified atom stereocenters. The molecule has 3 aromatic rings. The summed E-state index contributed by atoms with van der Waals surface area (Å²) in [4.78, 5) is 24.1. The highest BCUT2D eigenvalue weighted by atomic mass is 16.7. The van der Waals surface area contributed by atoms with Gasteiger partial charge in [-0.3, -0.25) is 0 Å². The number of benzene rings is 2. The second-order valence-electron chi connectivity index (χ2n) is 7.91. The molecule has 0 aliphatic carbocycles. The van der Waals surface area contributed by atoms with E-state index in [0.717, 1.165) is 0 Å². The number of rotatable bonds is 7. The van der Waals surface area contributed by atoms with E-state index in [-0.39, 0.29) is 34.1 Å². The summed E-state index contributed by atoms with van der Waals surface area (Å²) in [5.41, 5.74) is -0.341. The van der Waals surface area contributed by atoms with E-state index in [0.29, 0.717) is 5.39 Å². The van der Waals surface area contributed by atoms with Crippen molar-refractivity contribution in [1.29, 1.82) is 0 Å². The lowest BCUT2D eigenvalue weighted by Gasteiger charge is -2.39. The maximum atomic E-state index is 12.6. The second kappa shape index (κ2) is 10.4. The summed E-state index contributed by atoms with van der Waals surface area (Å²) >= 11 is 0. The van der Waals surface area contributed by atoms with Crippen LogP contribution in [0.2, 0.25) is 0 Å².